The van der Waals surface area contributed by atoms with Crippen molar-refractivity contribution in [1.29, 1.82) is 0 Å². The number of ether oxygens (including phenoxy) is 2. The Hall–Kier alpha value is -2.72. The Morgan fingerprint density at radius 1 is 1.33 bits per heavy atom. The lowest BCUT2D eigenvalue weighted by molar-refractivity contribution is -0.131. The highest BCUT2D eigenvalue weighted by molar-refractivity contribution is 7.94. The standard InChI is InChI=1S/C14H11NO7S2/c16-10(17)4-3-8-6-9(13-14(12(8)18)22-7-21-13)15-24(19,20)11-2-1-5-23-11/h1-6,15,18H,7H2,(H,16,17). The largest absolute Gasteiger partial charge is 0.504 e. The number of aliphatic carboxylic acids is 1. The summed E-state index contributed by atoms with van der Waals surface area (Å²) in [5, 5.41) is 20.4. The van der Waals surface area contributed by atoms with Crippen molar-refractivity contribution in [3.05, 3.63) is 35.2 Å². The molecule has 3 rings (SSSR count). The van der Waals surface area contributed by atoms with Crippen LogP contribution in [0, 0.1) is 0 Å². The van der Waals surface area contributed by atoms with Gasteiger partial charge < -0.3 is 19.7 Å². The number of carboxylic acids is 1. The lowest BCUT2D eigenvalue weighted by Crippen LogP contribution is -2.12. The van der Waals surface area contributed by atoms with E-state index in [1.165, 1.54) is 12.1 Å². The molecule has 10 heteroatoms. The summed E-state index contributed by atoms with van der Waals surface area (Å²) in [4.78, 5) is 10.7. The molecule has 0 spiro atoms. The third-order valence-corrected chi connectivity index (χ3v) is 5.82. The zero-order valence-electron chi connectivity index (χ0n) is 11.9. The van der Waals surface area contributed by atoms with Gasteiger partial charge in [-0.3, -0.25) is 4.72 Å². The van der Waals surface area contributed by atoms with Crippen LogP contribution in [0.5, 0.6) is 17.2 Å². The number of hydrogen-bond donors (Lipinski definition) is 3. The van der Waals surface area contributed by atoms with Crippen molar-refractivity contribution in [2.24, 2.45) is 0 Å². The topological polar surface area (TPSA) is 122 Å². The highest BCUT2D eigenvalue weighted by Gasteiger charge is 2.27. The van der Waals surface area contributed by atoms with Gasteiger partial charge in [-0.05, 0) is 23.6 Å². The average molecular weight is 369 g/mol. The SMILES string of the molecule is O=C(O)C=Cc1cc(NS(=O)(=O)c2cccs2)c2c(c1O)OCO2. The van der Waals surface area contributed by atoms with Crippen molar-refractivity contribution in [3.63, 3.8) is 0 Å². The summed E-state index contributed by atoms with van der Waals surface area (Å²) >= 11 is 1.04. The third kappa shape index (κ3) is 3.01. The Kier molecular flexibility index (Phi) is 4.08. The van der Waals surface area contributed by atoms with Crippen molar-refractivity contribution < 1.29 is 32.9 Å². The van der Waals surface area contributed by atoms with Crippen molar-refractivity contribution in [1.82, 2.24) is 0 Å². The molecule has 0 bridgehead atoms. The lowest BCUT2D eigenvalue weighted by atomic mass is 10.1. The summed E-state index contributed by atoms with van der Waals surface area (Å²) in [5.41, 5.74) is 0.115. The van der Waals surface area contributed by atoms with Crippen molar-refractivity contribution in [2.45, 2.75) is 4.21 Å². The van der Waals surface area contributed by atoms with Gasteiger partial charge in [0.25, 0.3) is 10.0 Å². The maximum Gasteiger partial charge on any atom is 0.328 e. The summed E-state index contributed by atoms with van der Waals surface area (Å²) < 4.78 is 37.5. The molecule has 0 unspecified atom stereocenters. The Labute approximate surface area is 140 Å². The zero-order valence-corrected chi connectivity index (χ0v) is 13.6. The van der Waals surface area contributed by atoms with Crippen molar-refractivity contribution >= 4 is 39.1 Å². The summed E-state index contributed by atoms with van der Waals surface area (Å²) in [6.07, 6.45) is 1.94. The Balaban J connectivity index is 2.06. The molecule has 0 amide bonds. The summed E-state index contributed by atoms with van der Waals surface area (Å²) in [7, 11) is -3.84. The van der Waals surface area contributed by atoms with Crippen LogP contribution in [0.3, 0.4) is 0 Å². The van der Waals surface area contributed by atoms with Gasteiger partial charge in [0.15, 0.2) is 11.5 Å². The number of anilines is 1. The fourth-order valence-corrected chi connectivity index (χ4v) is 4.10. The van der Waals surface area contributed by atoms with E-state index in [0.29, 0.717) is 0 Å². The molecule has 1 aromatic carbocycles. The van der Waals surface area contributed by atoms with E-state index in [9.17, 15) is 18.3 Å². The number of nitrogens with one attached hydrogen (secondary N) is 1. The van der Waals surface area contributed by atoms with Gasteiger partial charge in [-0.15, -0.1) is 11.3 Å². The molecule has 2 heterocycles. The molecule has 0 radical (unpaired) electrons. The maximum absolute atomic E-state index is 12.4. The Morgan fingerprint density at radius 3 is 2.75 bits per heavy atom. The van der Waals surface area contributed by atoms with Crippen molar-refractivity contribution in [3.8, 4) is 17.2 Å². The van der Waals surface area contributed by atoms with E-state index in [4.69, 9.17) is 14.6 Å². The number of carboxylic acid groups (broad SMARTS) is 1. The van der Waals surface area contributed by atoms with Gasteiger partial charge in [0.1, 0.15) is 4.21 Å². The fourth-order valence-electron chi connectivity index (χ4n) is 2.05. The number of sulfonamides is 1. The first-order chi connectivity index (χ1) is 11.4. The first kappa shape index (κ1) is 16.1. The highest BCUT2D eigenvalue weighted by atomic mass is 32.2. The van der Waals surface area contributed by atoms with E-state index in [-0.39, 0.29) is 39.5 Å². The first-order valence-corrected chi connectivity index (χ1v) is 8.87. The Bertz CT molecular complexity index is 917. The van der Waals surface area contributed by atoms with Gasteiger partial charge in [-0.1, -0.05) is 6.07 Å². The van der Waals surface area contributed by atoms with E-state index in [2.05, 4.69) is 4.72 Å². The quantitative estimate of drug-likeness (QED) is 0.545. The molecule has 8 nitrogen and oxygen atoms in total. The number of rotatable bonds is 5. The van der Waals surface area contributed by atoms with Gasteiger partial charge in [0.2, 0.25) is 12.5 Å². The van der Waals surface area contributed by atoms with E-state index >= 15 is 0 Å². The first-order valence-electron chi connectivity index (χ1n) is 6.51. The number of phenols is 1. The van der Waals surface area contributed by atoms with Crippen LogP contribution in [-0.4, -0.2) is 31.4 Å². The Morgan fingerprint density at radius 2 is 2.08 bits per heavy atom. The second kappa shape index (κ2) is 6.06. The van der Waals surface area contributed by atoms with Crippen LogP contribution in [0.1, 0.15) is 5.56 Å². The molecule has 126 valence electrons. The second-order valence-corrected chi connectivity index (χ2v) is 7.49. The minimum atomic E-state index is -3.84. The van der Waals surface area contributed by atoms with Crippen LogP contribution < -0.4 is 14.2 Å². The molecule has 0 saturated heterocycles. The monoisotopic (exact) mass is 369 g/mol. The minimum absolute atomic E-state index is 0.0405. The molecule has 2 aromatic rings. The van der Waals surface area contributed by atoms with Crippen LogP contribution >= 0.6 is 11.3 Å². The molecule has 0 fully saturated rings. The van der Waals surface area contributed by atoms with E-state index in [0.717, 1.165) is 23.5 Å². The summed E-state index contributed by atoms with van der Waals surface area (Å²) in [5.74, 6) is -1.56. The number of phenolic OH excluding ortho intramolecular Hbond substituents is 1. The smallest absolute Gasteiger partial charge is 0.328 e. The van der Waals surface area contributed by atoms with Gasteiger partial charge in [-0.25, -0.2) is 13.2 Å². The molecule has 24 heavy (non-hydrogen) atoms. The van der Waals surface area contributed by atoms with Crippen LogP contribution in [0.25, 0.3) is 6.08 Å². The number of fused-ring (bicyclic) bond motifs is 1. The maximum atomic E-state index is 12.4. The zero-order chi connectivity index (χ0) is 17.3. The summed E-state index contributed by atoms with van der Waals surface area (Å²) in [6.45, 7) is -0.192. The van der Waals surface area contributed by atoms with Gasteiger partial charge in [-0.2, -0.15) is 0 Å². The number of thiophene rings is 1. The van der Waals surface area contributed by atoms with Gasteiger partial charge >= 0.3 is 5.97 Å². The van der Waals surface area contributed by atoms with Crippen LogP contribution in [0.4, 0.5) is 5.69 Å². The fraction of sp³-hybridized carbons (Fsp3) is 0.0714. The molecule has 1 aliphatic heterocycles. The molecular weight excluding hydrogens is 358 g/mol. The minimum Gasteiger partial charge on any atom is -0.504 e. The molecule has 3 N–H and O–H groups in total. The molecule has 0 aliphatic carbocycles. The molecule has 1 aromatic heterocycles. The third-order valence-electron chi connectivity index (χ3n) is 3.06. The molecule has 0 atom stereocenters. The molecule has 0 saturated carbocycles. The van der Waals surface area contributed by atoms with Crippen LogP contribution in [0.15, 0.2) is 33.9 Å². The second-order valence-electron chi connectivity index (χ2n) is 4.64. The number of benzene rings is 1. The number of hydrogen-bond acceptors (Lipinski definition) is 7. The van der Waals surface area contributed by atoms with E-state index in [1.807, 2.05) is 0 Å². The van der Waals surface area contributed by atoms with Gasteiger partial charge in [0.05, 0.1) is 5.69 Å². The normalized spacial score (nSPS) is 13.3. The summed E-state index contributed by atoms with van der Waals surface area (Å²) in [6, 6.07) is 4.31. The molecule has 1 aliphatic rings. The number of aromatic hydroxyl groups is 1. The van der Waals surface area contributed by atoms with Crippen LogP contribution in [0.2, 0.25) is 0 Å². The van der Waals surface area contributed by atoms with E-state index in [1.54, 1.807) is 11.4 Å². The van der Waals surface area contributed by atoms with Crippen molar-refractivity contribution in [2.75, 3.05) is 11.5 Å². The average Bonchev–Trinajstić information content (AvgIpc) is 3.20. The predicted molar refractivity (Wildman–Crippen MR) is 86.0 cm³/mol. The van der Waals surface area contributed by atoms with Crippen LogP contribution in [-0.2, 0) is 14.8 Å². The molecular formula is C14H11NO7S2. The highest BCUT2D eigenvalue weighted by Crippen LogP contribution is 2.48. The lowest BCUT2D eigenvalue weighted by Gasteiger charge is -2.12. The van der Waals surface area contributed by atoms with E-state index < -0.39 is 16.0 Å². The van der Waals surface area contributed by atoms with Gasteiger partial charge in [0, 0.05) is 11.6 Å². The number of carbonyl (C=O) groups is 1. The predicted octanol–water partition coefficient (Wildman–Crippen LogP) is 2.08.